The van der Waals surface area contributed by atoms with Crippen LogP contribution in [0.3, 0.4) is 0 Å². The molecule has 0 radical (unpaired) electrons. The minimum atomic E-state index is 0.356. The molecule has 0 fully saturated rings. The van der Waals surface area contributed by atoms with E-state index in [1.807, 2.05) is 0 Å². The lowest BCUT2D eigenvalue weighted by Crippen LogP contribution is -2.25. The first-order valence-electron chi connectivity index (χ1n) is 3.60. The molecule has 1 aromatic heterocycles. The molecular formula is C8H9ClN2OS. The number of thiocarbonyl (C=S) groups is 1. The first-order chi connectivity index (χ1) is 6.09. The second kappa shape index (κ2) is 4.39. The van der Waals surface area contributed by atoms with Crippen LogP contribution in [0, 0.1) is 0 Å². The Balaban J connectivity index is 2.69. The third-order valence-electron chi connectivity index (χ3n) is 1.25. The average Bonchev–Trinajstić information content (AvgIpc) is 2.04. The highest BCUT2D eigenvalue weighted by Crippen LogP contribution is 2.14. The van der Waals surface area contributed by atoms with Gasteiger partial charge in [-0.2, -0.15) is 0 Å². The lowest BCUT2D eigenvalue weighted by atomic mass is 10.5. The number of halogens is 1. The molecule has 0 saturated carbocycles. The maximum absolute atomic E-state index is 5.73. The van der Waals surface area contributed by atoms with Crippen molar-refractivity contribution in [3.05, 3.63) is 23.4 Å². The largest absolute Gasteiger partial charge is 0.413 e. The van der Waals surface area contributed by atoms with E-state index in [4.69, 9.17) is 28.6 Å². The summed E-state index contributed by atoms with van der Waals surface area (Å²) in [6.45, 7) is 0. The van der Waals surface area contributed by atoms with Crippen LogP contribution in [0.25, 0.3) is 0 Å². The topological polar surface area (TPSA) is 25.4 Å². The number of hydrogen-bond donors (Lipinski definition) is 0. The van der Waals surface area contributed by atoms with E-state index in [1.165, 1.54) is 0 Å². The number of aromatic nitrogens is 1. The molecule has 0 aliphatic carbocycles. The minimum absolute atomic E-state index is 0.356. The van der Waals surface area contributed by atoms with Gasteiger partial charge in [-0.15, -0.1) is 0 Å². The number of pyridine rings is 1. The molecule has 0 bridgehead atoms. The standard InChI is InChI=1S/C8H9ClN2OS/c1-11(2)8(13)12-7-5-6(9)3-4-10-7/h3-5H,1-2H3. The van der Waals surface area contributed by atoms with Crippen LogP contribution in [0.1, 0.15) is 0 Å². The quantitative estimate of drug-likeness (QED) is 0.671. The summed E-state index contributed by atoms with van der Waals surface area (Å²) >= 11 is 10.7. The molecule has 0 aromatic carbocycles. The van der Waals surface area contributed by atoms with Gasteiger partial charge in [0.1, 0.15) is 0 Å². The highest BCUT2D eigenvalue weighted by molar-refractivity contribution is 7.80. The van der Waals surface area contributed by atoms with Crippen molar-refractivity contribution >= 4 is 29.0 Å². The molecule has 70 valence electrons. The van der Waals surface area contributed by atoms with Crippen molar-refractivity contribution in [2.45, 2.75) is 0 Å². The van der Waals surface area contributed by atoms with E-state index in [-0.39, 0.29) is 0 Å². The van der Waals surface area contributed by atoms with Crippen LogP contribution >= 0.6 is 23.8 Å². The van der Waals surface area contributed by atoms with Gasteiger partial charge in [0.25, 0.3) is 5.17 Å². The van der Waals surface area contributed by atoms with Gasteiger partial charge in [0, 0.05) is 31.4 Å². The Morgan fingerprint density at radius 2 is 2.31 bits per heavy atom. The smallest absolute Gasteiger partial charge is 0.265 e. The predicted molar refractivity (Wildman–Crippen MR) is 56.2 cm³/mol. The van der Waals surface area contributed by atoms with Gasteiger partial charge in [0.15, 0.2) is 0 Å². The van der Waals surface area contributed by atoms with E-state index in [2.05, 4.69) is 4.98 Å². The molecule has 0 spiro atoms. The third-order valence-corrected chi connectivity index (χ3v) is 1.94. The van der Waals surface area contributed by atoms with E-state index < -0.39 is 0 Å². The molecule has 1 rings (SSSR count). The lowest BCUT2D eigenvalue weighted by Gasteiger charge is -2.12. The minimum Gasteiger partial charge on any atom is -0.413 e. The normalized spacial score (nSPS) is 9.46. The summed E-state index contributed by atoms with van der Waals surface area (Å²) in [7, 11) is 3.60. The number of nitrogens with zero attached hydrogens (tertiary/aromatic N) is 2. The molecule has 13 heavy (non-hydrogen) atoms. The molecule has 5 heteroatoms. The Kier molecular flexibility index (Phi) is 3.45. The number of hydrogen-bond acceptors (Lipinski definition) is 3. The summed E-state index contributed by atoms with van der Waals surface area (Å²) in [5.74, 6) is 0.409. The summed E-state index contributed by atoms with van der Waals surface area (Å²) in [4.78, 5) is 5.62. The zero-order valence-electron chi connectivity index (χ0n) is 7.32. The van der Waals surface area contributed by atoms with Crippen LogP contribution in [0.5, 0.6) is 5.88 Å². The second-order valence-electron chi connectivity index (χ2n) is 2.57. The van der Waals surface area contributed by atoms with Crippen LogP contribution in [0.2, 0.25) is 5.02 Å². The second-order valence-corrected chi connectivity index (χ2v) is 3.36. The molecule has 0 unspecified atom stereocenters. The van der Waals surface area contributed by atoms with Crippen molar-refractivity contribution in [3.8, 4) is 5.88 Å². The molecule has 0 atom stereocenters. The van der Waals surface area contributed by atoms with Gasteiger partial charge < -0.3 is 9.64 Å². The fraction of sp³-hybridized carbons (Fsp3) is 0.250. The van der Waals surface area contributed by atoms with Gasteiger partial charge in [0.2, 0.25) is 5.88 Å². The maximum atomic E-state index is 5.73. The van der Waals surface area contributed by atoms with E-state index in [0.29, 0.717) is 16.1 Å². The van der Waals surface area contributed by atoms with Crippen molar-refractivity contribution in [3.63, 3.8) is 0 Å². The van der Waals surface area contributed by atoms with E-state index >= 15 is 0 Å². The summed E-state index contributed by atoms with van der Waals surface area (Å²) in [6, 6.07) is 3.28. The number of rotatable bonds is 1. The molecule has 0 aliphatic heterocycles. The average molecular weight is 217 g/mol. The van der Waals surface area contributed by atoms with Crippen LogP contribution in [-0.4, -0.2) is 29.2 Å². The van der Waals surface area contributed by atoms with E-state index in [9.17, 15) is 0 Å². The van der Waals surface area contributed by atoms with Gasteiger partial charge in [-0.3, -0.25) is 0 Å². The maximum Gasteiger partial charge on any atom is 0.265 e. The zero-order valence-corrected chi connectivity index (χ0v) is 8.89. The molecular weight excluding hydrogens is 208 g/mol. The van der Waals surface area contributed by atoms with Crippen molar-refractivity contribution in [2.24, 2.45) is 0 Å². The Bertz CT molecular complexity index is 317. The molecule has 3 nitrogen and oxygen atoms in total. The van der Waals surface area contributed by atoms with Crippen molar-refractivity contribution in [1.82, 2.24) is 9.88 Å². The van der Waals surface area contributed by atoms with Crippen molar-refractivity contribution < 1.29 is 4.74 Å². The summed E-state index contributed by atoms with van der Waals surface area (Å²) < 4.78 is 5.22. The Hall–Kier alpha value is -0.870. The first-order valence-corrected chi connectivity index (χ1v) is 4.39. The van der Waals surface area contributed by atoms with Gasteiger partial charge in [0.05, 0.1) is 0 Å². The molecule has 1 aromatic rings. The van der Waals surface area contributed by atoms with Crippen LogP contribution in [0.15, 0.2) is 18.3 Å². The molecule has 0 N–H and O–H groups in total. The highest BCUT2D eigenvalue weighted by atomic mass is 35.5. The molecule has 1 heterocycles. The Labute approximate surface area is 87.3 Å². The summed E-state index contributed by atoms with van der Waals surface area (Å²) in [6.07, 6.45) is 1.57. The fourth-order valence-electron chi connectivity index (χ4n) is 0.622. The van der Waals surface area contributed by atoms with Gasteiger partial charge >= 0.3 is 0 Å². The summed E-state index contributed by atoms with van der Waals surface area (Å²) in [5, 5.41) is 0.932. The van der Waals surface area contributed by atoms with Gasteiger partial charge in [-0.25, -0.2) is 4.98 Å². The van der Waals surface area contributed by atoms with Crippen LogP contribution in [0.4, 0.5) is 0 Å². The third kappa shape index (κ3) is 3.16. The van der Waals surface area contributed by atoms with Gasteiger partial charge in [-0.05, 0) is 18.3 Å². The Morgan fingerprint density at radius 1 is 1.62 bits per heavy atom. The first kappa shape index (κ1) is 10.2. The van der Waals surface area contributed by atoms with Crippen LogP contribution < -0.4 is 4.74 Å². The monoisotopic (exact) mass is 216 g/mol. The Morgan fingerprint density at radius 3 is 2.85 bits per heavy atom. The highest BCUT2D eigenvalue weighted by Gasteiger charge is 2.03. The zero-order chi connectivity index (χ0) is 9.84. The summed E-state index contributed by atoms with van der Waals surface area (Å²) in [5.41, 5.74) is 0. The predicted octanol–water partition coefficient (Wildman–Crippen LogP) is 1.96. The van der Waals surface area contributed by atoms with E-state index in [1.54, 1.807) is 37.3 Å². The lowest BCUT2D eigenvalue weighted by molar-refractivity contribution is 0.437. The van der Waals surface area contributed by atoms with Crippen molar-refractivity contribution in [1.29, 1.82) is 0 Å². The number of ether oxygens (including phenoxy) is 1. The SMILES string of the molecule is CN(C)C(=S)Oc1cc(Cl)ccn1. The molecule has 0 saturated heterocycles. The van der Waals surface area contributed by atoms with E-state index in [0.717, 1.165) is 0 Å². The molecule has 0 aliphatic rings. The van der Waals surface area contributed by atoms with Crippen molar-refractivity contribution in [2.75, 3.05) is 14.1 Å². The molecule has 0 amide bonds. The van der Waals surface area contributed by atoms with Crippen LogP contribution in [-0.2, 0) is 0 Å². The fourth-order valence-corrected chi connectivity index (χ4v) is 0.857. The van der Waals surface area contributed by atoms with Gasteiger partial charge in [-0.1, -0.05) is 11.6 Å².